The Morgan fingerprint density at radius 2 is 1.88 bits per heavy atom. The highest BCUT2D eigenvalue weighted by molar-refractivity contribution is 6.03. The molecule has 0 aliphatic heterocycles. The van der Waals surface area contributed by atoms with Crippen molar-refractivity contribution in [2.24, 2.45) is 0 Å². The molecule has 1 heterocycles. The van der Waals surface area contributed by atoms with Gasteiger partial charge in [0, 0.05) is 11.9 Å². The lowest BCUT2D eigenvalue weighted by Gasteiger charge is -2.08. The van der Waals surface area contributed by atoms with E-state index >= 15 is 0 Å². The van der Waals surface area contributed by atoms with Crippen LogP contribution in [0.25, 0.3) is 0 Å². The van der Waals surface area contributed by atoms with Gasteiger partial charge in [0.1, 0.15) is 0 Å². The van der Waals surface area contributed by atoms with E-state index in [0.29, 0.717) is 17.8 Å². The molecule has 0 unspecified atom stereocenters. The Bertz CT molecular complexity index is 963. The van der Waals surface area contributed by atoms with E-state index in [9.17, 15) is 10.1 Å². The molecule has 3 aromatic rings. The zero-order valence-corrected chi connectivity index (χ0v) is 14.2. The SMILES string of the molecule is N#CC1(c2ccc(NC(=O)c3cnn(Cc4ccccc4)c3)cc2)CC1. The van der Waals surface area contributed by atoms with Crippen LogP contribution in [0.5, 0.6) is 0 Å². The van der Waals surface area contributed by atoms with Crippen molar-refractivity contribution in [1.82, 2.24) is 9.78 Å². The molecule has 2 aromatic carbocycles. The fourth-order valence-electron chi connectivity index (χ4n) is 3.00. The number of hydrogen-bond acceptors (Lipinski definition) is 3. The van der Waals surface area contributed by atoms with E-state index in [-0.39, 0.29) is 11.3 Å². The van der Waals surface area contributed by atoms with E-state index in [1.165, 1.54) is 0 Å². The van der Waals surface area contributed by atoms with Crippen LogP contribution < -0.4 is 5.32 Å². The van der Waals surface area contributed by atoms with Gasteiger partial charge in [0.05, 0.1) is 29.8 Å². The molecule has 26 heavy (non-hydrogen) atoms. The van der Waals surface area contributed by atoms with Crippen LogP contribution in [0.3, 0.4) is 0 Å². The average Bonchev–Trinajstić information content (AvgIpc) is 3.34. The maximum atomic E-state index is 12.4. The van der Waals surface area contributed by atoms with Crippen LogP contribution in [-0.2, 0) is 12.0 Å². The van der Waals surface area contributed by atoms with Gasteiger partial charge in [0.15, 0.2) is 0 Å². The molecule has 1 aliphatic rings. The second kappa shape index (κ2) is 6.49. The maximum Gasteiger partial charge on any atom is 0.258 e. The Kier molecular flexibility index (Phi) is 4.02. The molecule has 0 bridgehead atoms. The van der Waals surface area contributed by atoms with E-state index in [1.54, 1.807) is 17.1 Å². The molecule has 5 nitrogen and oxygen atoms in total. The minimum absolute atomic E-state index is 0.196. The first-order valence-electron chi connectivity index (χ1n) is 8.58. The Balaban J connectivity index is 1.41. The molecule has 0 spiro atoms. The maximum absolute atomic E-state index is 12.4. The summed E-state index contributed by atoms with van der Waals surface area (Å²) in [6.07, 6.45) is 5.14. The molecular weight excluding hydrogens is 324 g/mol. The van der Waals surface area contributed by atoms with Gasteiger partial charge in [-0.05, 0) is 36.1 Å². The van der Waals surface area contributed by atoms with Crippen molar-refractivity contribution in [3.05, 3.63) is 83.7 Å². The monoisotopic (exact) mass is 342 g/mol. The van der Waals surface area contributed by atoms with Gasteiger partial charge in [-0.15, -0.1) is 0 Å². The number of rotatable bonds is 5. The number of benzene rings is 2. The number of nitrogens with one attached hydrogen (secondary N) is 1. The molecule has 0 radical (unpaired) electrons. The molecule has 1 aromatic heterocycles. The van der Waals surface area contributed by atoms with Gasteiger partial charge in [-0.2, -0.15) is 10.4 Å². The largest absolute Gasteiger partial charge is 0.322 e. The Morgan fingerprint density at radius 1 is 1.15 bits per heavy atom. The zero-order valence-electron chi connectivity index (χ0n) is 14.2. The van der Waals surface area contributed by atoms with Crippen molar-refractivity contribution >= 4 is 11.6 Å². The number of hydrogen-bond donors (Lipinski definition) is 1. The normalized spacial score (nSPS) is 14.4. The second-order valence-electron chi connectivity index (χ2n) is 6.64. The Hall–Kier alpha value is -3.39. The molecule has 5 heteroatoms. The number of nitrogens with zero attached hydrogens (tertiary/aromatic N) is 3. The van der Waals surface area contributed by atoms with Crippen molar-refractivity contribution in [1.29, 1.82) is 5.26 Å². The van der Waals surface area contributed by atoms with Gasteiger partial charge in [-0.1, -0.05) is 42.5 Å². The van der Waals surface area contributed by atoms with Crippen LogP contribution in [0.2, 0.25) is 0 Å². The van der Waals surface area contributed by atoms with Crippen LogP contribution >= 0.6 is 0 Å². The van der Waals surface area contributed by atoms with E-state index in [4.69, 9.17) is 0 Å². The molecule has 1 fully saturated rings. The molecule has 1 saturated carbocycles. The third-order valence-corrected chi connectivity index (χ3v) is 4.74. The lowest BCUT2D eigenvalue weighted by molar-refractivity contribution is 0.102. The van der Waals surface area contributed by atoms with Crippen LogP contribution in [0.1, 0.15) is 34.3 Å². The Morgan fingerprint density at radius 3 is 2.54 bits per heavy atom. The quantitative estimate of drug-likeness (QED) is 0.768. The summed E-state index contributed by atoms with van der Waals surface area (Å²) in [4.78, 5) is 12.4. The summed E-state index contributed by atoms with van der Waals surface area (Å²) >= 11 is 0. The highest BCUT2D eigenvalue weighted by Crippen LogP contribution is 2.47. The average molecular weight is 342 g/mol. The smallest absolute Gasteiger partial charge is 0.258 e. The fraction of sp³-hybridized carbons (Fsp3) is 0.190. The number of aromatic nitrogens is 2. The highest BCUT2D eigenvalue weighted by Gasteiger charge is 2.44. The molecular formula is C21H18N4O. The molecule has 1 amide bonds. The van der Waals surface area contributed by atoms with Gasteiger partial charge in [0.25, 0.3) is 5.91 Å². The third kappa shape index (κ3) is 3.22. The summed E-state index contributed by atoms with van der Waals surface area (Å²) in [5.74, 6) is -0.196. The highest BCUT2D eigenvalue weighted by atomic mass is 16.1. The van der Waals surface area contributed by atoms with Gasteiger partial charge in [0.2, 0.25) is 0 Å². The Labute approximate surface area is 151 Å². The van der Waals surface area contributed by atoms with Crippen molar-refractivity contribution in [2.75, 3.05) is 5.32 Å². The number of carbonyl (C=O) groups excluding carboxylic acids is 1. The molecule has 1 aliphatic carbocycles. The van der Waals surface area contributed by atoms with E-state index in [1.807, 2.05) is 54.6 Å². The standard InChI is InChI=1S/C21H18N4O/c22-15-21(10-11-21)18-6-8-19(9-7-18)24-20(26)17-12-23-25(14-17)13-16-4-2-1-3-5-16/h1-9,12,14H,10-11,13H2,(H,24,26). The first-order valence-corrected chi connectivity index (χ1v) is 8.58. The minimum atomic E-state index is -0.304. The van der Waals surface area contributed by atoms with Crippen molar-refractivity contribution in [3.8, 4) is 6.07 Å². The van der Waals surface area contributed by atoms with E-state index < -0.39 is 0 Å². The van der Waals surface area contributed by atoms with Gasteiger partial charge in [-0.25, -0.2) is 0 Å². The number of carbonyl (C=O) groups is 1. The molecule has 0 saturated heterocycles. The van der Waals surface area contributed by atoms with Gasteiger partial charge < -0.3 is 5.32 Å². The van der Waals surface area contributed by atoms with Crippen LogP contribution in [0.15, 0.2) is 67.0 Å². The predicted octanol–water partition coefficient (Wildman–Crippen LogP) is 3.74. The first-order chi connectivity index (χ1) is 12.7. The second-order valence-corrected chi connectivity index (χ2v) is 6.64. The summed E-state index contributed by atoms with van der Waals surface area (Å²) in [7, 11) is 0. The van der Waals surface area contributed by atoms with Crippen LogP contribution in [-0.4, -0.2) is 15.7 Å². The summed E-state index contributed by atoms with van der Waals surface area (Å²) in [6, 6.07) is 19.9. The summed E-state index contributed by atoms with van der Waals surface area (Å²) < 4.78 is 1.75. The fourth-order valence-corrected chi connectivity index (χ4v) is 3.00. The summed E-state index contributed by atoms with van der Waals surface area (Å²) in [6.45, 7) is 0.624. The van der Waals surface area contributed by atoms with E-state index in [0.717, 1.165) is 24.0 Å². The first kappa shape index (κ1) is 16.1. The van der Waals surface area contributed by atoms with Crippen LogP contribution in [0, 0.1) is 11.3 Å². The number of nitriles is 1. The van der Waals surface area contributed by atoms with Gasteiger partial charge in [-0.3, -0.25) is 9.48 Å². The lowest BCUT2D eigenvalue weighted by Crippen LogP contribution is -2.11. The van der Waals surface area contributed by atoms with Crippen LogP contribution in [0.4, 0.5) is 5.69 Å². The molecule has 0 atom stereocenters. The van der Waals surface area contributed by atoms with Crippen molar-refractivity contribution < 1.29 is 4.79 Å². The lowest BCUT2D eigenvalue weighted by atomic mass is 9.98. The van der Waals surface area contributed by atoms with E-state index in [2.05, 4.69) is 16.5 Å². The zero-order chi connectivity index (χ0) is 18.0. The topological polar surface area (TPSA) is 70.7 Å². The summed E-state index contributed by atoms with van der Waals surface area (Å²) in [5, 5.41) is 16.4. The predicted molar refractivity (Wildman–Crippen MR) is 98.7 cm³/mol. The molecule has 128 valence electrons. The number of anilines is 1. The minimum Gasteiger partial charge on any atom is -0.322 e. The summed E-state index contributed by atoms with van der Waals surface area (Å²) in [5.41, 5.74) is 3.07. The molecule has 4 rings (SSSR count). The molecule has 1 N–H and O–H groups in total. The third-order valence-electron chi connectivity index (χ3n) is 4.74. The van der Waals surface area contributed by atoms with Crippen molar-refractivity contribution in [2.45, 2.75) is 24.8 Å². The number of amides is 1. The van der Waals surface area contributed by atoms with Crippen molar-refractivity contribution in [3.63, 3.8) is 0 Å². The van der Waals surface area contributed by atoms with Gasteiger partial charge >= 0.3 is 0 Å².